The number of nitrogens with zero attached hydrogens (tertiary/aromatic N) is 2. The van der Waals surface area contributed by atoms with Gasteiger partial charge in [-0.2, -0.15) is 0 Å². The SMILES string of the molecule is CN=C(NCCc1ccccn1)NCc1cc(C)cc(OC)c1.I. The highest BCUT2D eigenvalue weighted by molar-refractivity contribution is 14.0. The van der Waals surface area contributed by atoms with Gasteiger partial charge in [0, 0.05) is 38.4 Å². The molecule has 5 nitrogen and oxygen atoms in total. The molecular formula is C18H25IN4O. The number of benzene rings is 1. The van der Waals surface area contributed by atoms with Gasteiger partial charge in [-0.25, -0.2) is 0 Å². The molecule has 0 fully saturated rings. The Morgan fingerprint density at radius 1 is 1.21 bits per heavy atom. The van der Waals surface area contributed by atoms with Crippen molar-refractivity contribution >= 4 is 29.9 Å². The Morgan fingerprint density at radius 3 is 2.71 bits per heavy atom. The minimum atomic E-state index is 0. The molecule has 2 N–H and O–H groups in total. The highest BCUT2D eigenvalue weighted by Crippen LogP contribution is 2.16. The summed E-state index contributed by atoms with van der Waals surface area (Å²) in [4.78, 5) is 8.55. The molecule has 0 saturated heterocycles. The van der Waals surface area contributed by atoms with Crippen LogP contribution in [0.15, 0.2) is 47.6 Å². The molecule has 130 valence electrons. The molecule has 0 unspecified atom stereocenters. The lowest BCUT2D eigenvalue weighted by Gasteiger charge is -2.13. The van der Waals surface area contributed by atoms with Crippen LogP contribution < -0.4 is 15.4 Å². The maximum atomic E-state index is 5.30. The number of rotatable bonds is 6. The Kier molecular flexibility index (Phi) is 9.14. The van der Waals surface area contributed by atoms with Gasteiger partial charge in [0.05, 0.1) is 7.11 Å². The number of ether oxygens (including phenoxy) is 1. The predicted molar refractivity (Wildman–Crippen MR) is 109 cm³/mol. The van der Waals surface area contributed by atoms with Crippen LogP contribution in [0.5, 0.6) is 5.75 Å². The summed E-state index contributed by atoms with van der Waals surface area (Å²) in [5.74, 6) is 1.65. The fraction of sp³-hybridized carbons (Fsp3) is 0.333. The number of guanidine groups is 1. The third-order valence-electron chi connectivity index (χ3n) is 3.43. The molecule has 0 atom stereocenters. The van der Waals surface area contributed by atoms with Crippen molar-refractivity contribution in [3.63, 3.8) is 0 Å². The standard InChI is InChI=1S/C18H24N4O.HI/c1-14-10-15(12-17(11-14)23-3)13-22-18(19-2)21-9-7-16-6-4-5-8-20-16;/h4-6,8,10-12H,7,9,13H2,1-3H3,(H2,19,21,22);1H. The molecule has 2 aromatic rings. The van der Waals surface area contributed by atoms with Crippen LogP contribution in [0, 0.1) is 6.92 Å². The molecule has 0 bridgehead atoms. The molecule has 6 heteroatoms. The molecule has 0 aliphatic carbocycles. The maximum absolute atomic E-state index is 5.30. The number of methoxy groups -OCH3 is 1. The van der Waals surface area contributed by atoms with Crippen molar-refractivity contribution < 1.29 is 4.74 Å². The molecular weight excluding hydrogens is 415 g/mol. The number of nitrogens with one attached hydrogen (secondary N) is 2. The second-order valence-electron chi connectivity index (χ2n) is 5.28. The summed E-state index contributed by atoms with van der Waals surface area (Å²) in [6, 6.07) is 12.1. The summed E-state index contributed by atoms with van der Waals surface area (Å²) < 4.78 is 5.30. The van der Waals surface area contributed by atoms with Crippen LogP contribution in [0.3, 0.4) is 0 Å². The lowest BCUT2D eigenvalue weighted by Crippen LogP contribution is -2.37. The van der Waals surface area contributed by atoms with Crippen LogP contribution >= 0.6 is 24.0 Å². The van der Waals surface area contributed by atoms with Crippen LogP contribution in [-0.2, 0) is 13.0 Å². The Hall–Kier alpha value is -1.83. The molecule has 1 heterocycles. The molecule has 1 aromatic carbocycles. The molecule has 24 heavy (non-hydrogen) atoms. The number of halogens is 1. The number of aliphatic imine (C=N–C) groups is 1. The summed E-state index contributed by atoms with van der Waals surface area (Å²) in [6.45, 7) is 3.54. The summed E-state index contributed by atoms with van der Waals surface area (Å²) in [5.41, 5.74) is 3.41. The van der Waals surface area contributed by atoms with E-state index in [4.69, 9.17) is 4.74 Å². The monoisotopic (exact) mass is 440 g/mol. The van der Waals surface area contributed by atoms with Gasteiger partial charge in [-0.05, 0) is 42.3 Å². The normalized spacial score (nSPS) is 10.7. The zero-order valence-electron chi connectivity index (χ0n) is 14.4. The third kappa shape index (κ3) is 6.74. The average Bonchev–Trinajstić information content (AvgIpc) is 2.58. The van der Waals surface area contributed by atoms with Gasteiger partial charge < -0.3 is 15.4 Å². The van der Waals surface area contributed by atoms with Crippen LogP contribution in [0.25, 0.3) is 0 Å². The van der Waals surface area contributed by atoms with Gasteiger partial charge in [0.2, 0.25) is 0 Å². The highest BCUT2D eigenvalue weighted by atomic mass is 127. The molecule has 1 aromatic heterocycles. The van der Waals surface area contributed by atoms with E-state index in [1.54, 1.807) is 14.2 Å². The van der Waals surface area contributed by atoms with E-state index in [2.05, 4.69) is 33.6 Å². The van der Waals surface area contributed by atoms with E-state index in [1.807, 2.05) is 36.5 Å². The van der Waals surface area contributed by atoms with Gasteiger partial charge in [0.15, 0.2) is 5.96 Å². The third-order valence-corrected chi connectivity index (χ3v) is 3.43. The van der Waals surface area contributed by atoms with E-state index in [-0.39, 0.29) is 24.0 Å². The number of hydrogen-bond donors (Lipinski definition) is 2. The van der Waals surface area contributed by atoms with Crippen molar-refractivity contribution in [2.24, 2.45) is 4.99 Å². The number of aromatic nitrogens is 1. The summed E-state index contributed by atoms with van der Waals surface area (Å²) in [5, 5.41) is 6.61. The molecule has 2 rings (SSSR count). The van der Waals surface area contributed by atoms with Gasteiger partial charge in [-0.1, -0.05) is 12.1 Å². The summed E-state index contributed by atoms with van der Waals surface area (Å²) >= 11 is 0. The summed E-state index contributed by atoms with van der Waals surface area (Å²) in [7, 11) is 3.46. The lowest BCUT2D eigenvalue weighted by atomic mass is 10.1. The van der Waals surface area contributed by atoms with Crippen molar-refractivity contribution in [2.45, 2.75) is 19.9 Å². The van der Waals surface area contributed by atoms with E-state index in [9.17, 15) is 0 Å². The fourth-order valence-electron chi connectivity index (χ4n) is 2.31. The highest BCUT2D eigenvalue weighted by Gasteiger charge is 2.02. The largest absolute Gasteiger partial charge is 0.497 e. The van der Waals surface area contributed by atoms with E-state index < -0.39 is 0 Å². The Morgan fingerprint density at radius 2 is 2.04 bits per heavy atom. The first kappa shape index (κ1) is 20.2. The van der Waals surface area contributed by atoms with Gasteiger partial charge in [0.1, 0.15) is 5.75 Å². The van der Waals surface area contributed by atoms with E-state index in [0.29, 0.717) is 6.54 Å². The molecule has 0 saturated carbocycles. The van der Waals surface area contributed by atoms with E-state index in [1.165, 1.54) is 5.56 Å². The minimum absolute atomic E-state index is 0. The minimum Gasteiger partial charge on any atom is -0.497 e. The van der Waals surface area contributed by atoms with Crippen molar-refractivity contribution in [1.29, 1.82) is 0 Å². The first-order valence-corrected chi connectivity index (χ1v) is 7.70. The zero-order chi connectivity index (χ0) is 16.5. The van der Waals surface area contributed by atoms with Crippen molar-refractivity contribution in [3.05, 3.63) is 59.4 Å². The Bertz CT molecular complexity index is 647. The molecule has 0 spiro atoms. The van der Waals surface area contributed by atoms with Crippen molar-refractivity contribution in [3.8, 4) is 5.75 Å². The van der Waals surface area contributed by atoms with Crippen LogP contribution in [0.4, 0.5) is 0 Å². The van der Waals surface area contributed by atoms with Gasteiger partial charge in [0.25, 0.3) is 0 Å². The zero-order valence-corrected chi connectivity index (χ0v) is 16.7. The second-order valence-corrected chi connectivity index (χ2v) is 5.28. The van der Waals surface area contributed by atoms with E-state index in [0.717, 1.165) is 35.9 Å². The van der Waals surface area contributed by atoms with Crippen molar-refractivity contribution in [1.82, 2.24) is 15.6 Å². The van der Waals surface area contributed by atoms with Crippen molar-refractivity contribution in [2.75, 3.05) is 20.7 Å². The number of hydrogen-bond acceptors (Lipinski definition) is 3. The maximum Gasteiger partial charge on any atom is 0.191 e. The first-order chi connectivity index (χ1) is 11.2. The van der Waals surface area contributed by atoms with Crippen LogP contribution in [0.2, 0.25) is 0 Å². The molecule has 0 amide bonds. The number of aryl methyl sites for hydroxylation is 1. The average molecular weight is 440 g/mol. The molecule has 0 radical (unpaired) electrons. The Balaban J connectivity index is 0.00000288. The predicted octanol–water partition coefficient (Wildman–Crippen LogP) is 2.92. The van der Waals surface area contributed by atoms with Gasteiger partial charge in [-0.15, -0.1) is 24.0 Å². The summed E-state index contributed by atoms with van der Waals surface area (Å²) in [6.07, 6.45) is 2.67. The van der Waals surface area contributed by atoms with Crippen LogP contribution in [0.1, 0.15) is 16.8 Å². The quantitative estimate of drug-likeness (QED) is 0.412. The lowest BCUT2D eigenvalue weighted by molar-refractivity contribution is 0.414. The smallest absolute Gasteiger partial charge is 0.191 e. The van der Waals surface area contributed by atoms with Gasteiger partial charge >= 0.3 is 0 Å². The fourth-order valence-corrected chi connectivity index (χ4v) is 2.31. The van der Waals surface area contributed by atoms with Crippen LogP contribution in [-0.4, -0.2) is 31.6 Å². The first-order valence-electron chi connectivity index (χ1n) is 7.70. The van der Waals surface area contributed by atoms with E-state index >= 15 is 0 Å². The second kappa shape index (κ2) is 10.9. The topological polar surface area (TPSA) is 58.5 Å². The Labute approximate surface area is 161 Å². The van der Waals surface area contributed by atoms with Gasteiger partial charge in [-0.3, -0.25) is 9.98 Å². The molecule has 0 aliphatic heterocycles. The number of pyridine rings is 1. The molecule has 0 aliphatic rings.